The van der Waals surface area contributed by atoms with Crippen LogP contribution in [0.3, 0.4) is 0 Å². The maximum absolute atomic E-state index is 11.4. The molecule has 0 saturated carbocycles. The van der Waals surface area contributed by atoms with Gasteiger partial charge in [-0.1, -0.05) is 26.0 Å². The van der Waals surface area contributed by atoms with Gasteiger partial charge in [-0.05, 0) is 17.5 Å². The number of hydrogen-bond donors (Lipinski definition) is 0. The first-order chi connectivity index (χ1) is 10.0. The summed E-state index contributed by atoms with van der Waals surface area (Å²) in [7, 11) is 1.73. The molecular formula is C17H26N2O2. The highest BCUT2D eigenvalue weighted by Gasteiger charge is 2.19. The minimum atomic E-state index is 0.175. The molecule has 4 nitrogen and oxygen atoms in total. The van der Waals surface area contributed by atoms with Gasteiger partial charge in [0.2, 0.25) is 5.91 Å². The van der Waals surface area contributed by atoms with Crippen LogP contribution in [0.5, 0.6) is 5.75 Å². The van der Waals surface area contributed by atoms with Crippen LogP contribution in [0.15, 0.2) is 18.2 Å². The van der Waals surface area contributed by atoms with Gasteiger partial charge in [-0.2, -0.15) is 0 Å². The molecule has 0 spiro atoms. The van der Waals surface area contributed by atoms with Crippen molar-refractivity contribution in [2.45, 2.75) is 33.2 Å². The Morgan fingerprint density at radius 1 is 1.24 bits per heavy atom. The second-order valence-corrected chi connectivity index (χ2v) is 6.01. The first-order valence-corrected chi connectivity index (χ1v) is 7.66. The van der Waals surface area contributed by atoms with Crippen molar-refractivity contribution >= 4 is 5.91 Å². The SMILES string of the molecule is COc1cc(C(C)C)ccc1CN1CCN(C(C)=O)CC1. The van der Waals surface area contributed by atoms with Gasteiger partial charge in [0.05, 0.1) is 7.11 Å². The van der Waals surface area contributed by atoms with E-state index in [1.165, 1.54) is 11.1 Å². The van der Waals surface area contributed by atoms with Crippen molar-refractivity contribution in [2.24, 2.45) is 0 Å². The maximum atomic E-state index is 11.4. The minimum absolute atomic E-state index is 0.175. The number of rotatable bonds is 4. The smallest absolute Gasteiger partial charge is 0.219 e. The molecule has 1 aliphatic rings. The van der Waals surface area contributed by atoms with Gasteiger partial charge in [-0.3, -0.25) is 9.69 Å². The Morgan fingerprint density at radius 2 is 1.90 bits per heavy atom. The van der Waals surface area contributed by atoms with Gasteiger partial charge >= 0.3 is 0 Å². The molecule has 1 heterocycles. The van der Waals surface area contributed by atoms with E-state index in [0.717, 1.165) is 38.5 Å². The van der Waals surface area contributed by atoms with Gasteiger partial charge in [0.25, 0.3) is 0 Å². The lowest BCUT2D eigenvalue weighted by Crippen LogP contribution is -2.47. The molecule has 1 aromatic rings. The van der Waals surface area contributed by atoms with Crippen LogP contribution in [0.1, 0.15) is 37.8 Å². The number of benzene rings is 1. The van der Waals surface area contributed by atoms with Crippen LogP contribution in [0.25, 0.3) is 0 Å². The summed E-state index contributed by atoms with van der Waals surface area (Å²) >= 11 is 0. The van der Waals surface area contributed by atoms with Crippen molar-refractivity contribution in [3.05, 3.63) is 29.3 Å². The third-order valence-corrected chi connectivity index (χ3v) is 4.19. The van der Waals surface area contributed by atoms with Crippen molar-refractivity contribution in [1.82, 2.24) is 9.80 Å². The second kappa shape index (κ2) is 6.94. The van der Waals surface area contributed by atoms with E-state index in [9.17, 15) is 4.79 Å². The van der Waals surface area contributed by atoms with Gasteiger partial charge in [0.1, 0.15) is 5.75 Å². The molecule has 0 bridgehead atoms. The number of ether oxygens (including phenoxy) is 1. The Kier molecular flexibility index (Phi) is 5.23. The third kappa shape index (κ3) is 3.97. The monoisotopic (exact) mass is 290 g/mol. The van der Waals surface area contributed by atoms with E-state index in [1.54, 1.807) is 14.0 Å². The number of carbonyl (C=O) groups is 1. The zero-order valence-corrected chi connectivity index (χ0v) is 13.6. The summed E-state index contributed by atoms with van der Waals surface area (Å²) in [5.41, 5.74) is 2.52. The van der Waals surface area contributed by atoms with Gasteiger partial charge in [-0.15, -0.1) is 0 Å². The Hall–Kier alpha value is -1.55. The predicted octanol–water partition coefficient (Wildman–Crippen LogP) is 2.48. The topological polar surface area (TPSA) is 32.8 Å². The molecule has 116 valence electrons. The first kappa shape index (κ1) is 15.8. The van der Waals surface area contributed by atoms with Crippen LogP contribution in [-0.4, -0.2) is 49.0 Å². The van der Waals surface area contributed by atoms with Crippen LogP contribution in [-0.2, 0) is 11.3 Å². The Balaban J connectivity index is 2.02. The van der Waals surface area contributed by atoms with E-state index < -0.39 is 0 Å². The second-order valence-electron chi connectivity index (χ2n) is 6.01. The van der Waals surface area contributed by atoms with Gasteiger partial charge in [-0.25, -0.2) is 0 Å². The van der Waals surface area contributed by atoms with Crippen molar-refractivity contribution in [2.75, 3.05) is 33.3 Å². The number of nitrogens with zero attached hydrogens (tertiary/aromatic N) is 2. The summed E-state index contributed by atoms with van der Waals surface area (Å²) < 4.78 is 5.55. The van der Waals surface area contributed by atoms with Crippen LogP contribution in [0, 0.1) is 0 Å². The maximum Gasteiger partial charge on any atom is 0.219 e. The average molecular weight is 290 g/mol. The molecule has 1 aromatic carbocycles. The summed E-state index contributed by atoms with van der Waals surface area (Å²) in [6.45, 7) is 10.4. The summed E-state index contributed by atoms with van der Waals surface area (Å²) in [4.78, 5) is 15.6. The Morgan fingerprint density at radius 3 is 2.43 bits per heavy atom. The van der Waals surface area contributed by atoms with E-state index in [-0.39, 0.29) is 5.91 Å². The molecule has 21 heavy (non-hydrogen) atoms. The fourth-order valence-corrected chi connectivity index (χ4v) is 2.71. The Bertz CT molecular complexity index is 492. The predicted molar refractivity (Wildman–Crippen MR) is 84.6 cm³/mol. The lowest BCUT2D eigenvalue weighted by atomic mass is 10.0. The summed E-state index contributed by atoms with van der Waals surface area (Å²) in [6, 6.07) is 6.51. The standard InChI is InChI=1S/C17H26N2O2/c1-13(2)15-5-6-16(17(11-15)21-4)12-18-7-9-19(10-8-18)14(3)20/h5-6,11,13H,7-10,12H2,1-4H3. The molecule has 1 saturated heterocycles. The molecule has 2 rings (SSSR count). The summed E-state index contributed by atoms with van der Waals surface area (Å²) in [6.07, 6.45) is 0. The highest BCUT2D eigenvalue weighted by Crippen LogP contribution is 2.26. The van der Waals surface area contributed by atoms with Gasteiger partial charge in [0.15, 0.2) is 0 Å². The van der Waals surface area contributed by atoms with E-state index in [4.69, 9.17) is 4.74 Å². The molecule has 0 aromatic heterocycles. The average Bonchev–Trinajstić information content (AvgIpc) is 2.48. The van der Waals surface area contributed by atoms with Crippen LogP contribution in [0.2, 0.25) is 0 Å². The number of piperazine rings is 1. The molecule has 1 aliphatic heterocycles. The van der Waals surface area contributed by atoms with E-state index >= 15 is 0 Å². The van der Waals surface area contributed by atoms with Crippen LogP contribution < -0.4 is 4.74 Å². The third-order valence-electron chi connectivity index (χ3n) is 4.19. The highest BCUT2D eigenvalue weighted by atomic mass is 16.5. The molecule has 0 aliphatic carbocycles. The fourth-order valence-electron chi connectivity index (χ4n) is 2.71. The van der Waals surface area contributed by atoms with Crippen molar-refractivity contribution in [1.29, 1.82) is 0 Å². The number of carbonyl (C=O) groups excluding carboxylic acids is 1. The summed E-state index contributed by atoms with van der Waals surface area (Å²) in [5.74, 6) is 1.65. The van der Waals surface area contributed by atoms with Crippen molar-refractivity contribution in [3.63, 3.8) is 0 Å². The molecule has 4 heteroatoms. The lowest BCUT2D eigenvalue weighted by molar-refractivity contribution is -0.130. The molecule has 1 amide bonds. The van der Waals surface area contributed by atoms with Crippen LogP contribution >= 0.6 is 0 Å². The van der Waals surface area contributed by atoms with E-state index in [1.807, 2.05) is 4.90 Å². The molecule has 1 fully saturated rings. The normalized spacial score (nSPS) is 16.3. The largest absolute Gasteiger partial charge is 0.496 e. The number of amides is 1. The van der Waals surface area contributed by atoms with Crippen molar-refractivity contribution < 1.29 is 9.53 Å². The van der Waals surface area contributed by atoms with Gasteiger partial charge < -0.3 is 9.64 Å². The first-order valence-electron chi connectivity index (χ1n) is 7.66. The zero-order chi connectivity index (χ0) is 15.4. The summed E-state index contributed by atoms with van der Waals surface area (Å²) in [5, 5.41) is 0. The number of hydrogen-bond acceptors (Lipinski definition) is 3. The zero-order valence-electron chi connectivity index (χ0n) is 13.6. The molecule has 0 N–H and O–H groups in total. The van der Waals surface area contributed by atoms with Crippen molar-refractivity contribution in [3.8, 4) is 5.75 Å². The molecular weight excluding hydrogens is 264 g/mol. The fraction of sp³-hybridized carbons (Fsp3) is 0.588. The van der Waals surface area contributed by atoms with Gasteiger partial charge in [0, 0.05) is 45.2 Å². The molecule has 0 atom stereocenters. The quantitative estimate of drug-likeness (QED) is 0.854. The van der Waals surface area contributed by atoms with E-state index in [0.29, 0.717) is 5.92 Å². The number of methoxy groups -OCH3 is 1. The molecule has 0 unspecified atom stereocenters. The van der Waals surface area contributed by atoms with E-state index in [2.05, 4.69) is 36.9 Å². The highest BCUT2D eigenvalue weighted by molar-refractivity contribution is 5.73. The minimum Gasteiger partial charge on any atom is -0.496 e. The lowest BCUT2D eigenvalue weighted by Gasteiger charge is -2.34. The Labute approximate surface area is 127 Å². The van der Waals surface area contributed by atoms with Crippen LogP contribution in [0.4, 0.5) is 0 Å². The molecule has 0 radical (unpaired) electrons.